The molecule has 0 saturated carbocycles. The standard InChI is InChI=1S/C15H15BrClNO/c1-9-7-12(16)4-6-14(9)19-15-5-3-11(10(2)18)8-13(15)17/h3-8,10H,18H2,1-2H3/t10-/m0/s1. The van der Waals surface area contributed by atoms with Crippen molar-refractivity contribution in [3.63, 3.8) is 0 Å². The molecule has 1 atom stereocenters. The number of ether oxygens (including phenoxy) is 1. The van der Waals surface area contributed by atoms with Gasteiger partial charge in [0.25, 0.3) is 0 Å². The van der Waals surface area contributed by atoms with Gasteiger partial charge in [0, 0.05) is 10.5 Å². The zero-order chi connectivity index (χ0) is 14.0. The maximum absolute atomic E-state index is 6.22. The molecule has 2 N–H and O–H groups in total. The molecule has 2 nitrogen and oxygen atoms in total. The fourth-order valence-corrected chi connectivity index (χ4v) is 2.43. The summed E-state index contributed by atoms with van der Waals surface area (Å²) < 4.78 is 6.86. The van der Waals surface area contributed by atoms with Crippen molar-refractivity contribution in [3.8, 4) is 11.5 Å². The summed E-state index contributed by atoms with van der Waals surface area (Å²) in [6.45, 7) is 3.91. The zero-order valence-corrected chi connectivity index (χ0v) is 13.1. The molecule has 100 valence electrons. The van der Waals surface area contributed by atoms with Gasteiger partial charge in [-0.1, -0.05) is 33.6 Å². The van der Waals surface area contributed by atoms with Gasteiger partial charge >= 0.3 is 0 Å². The number of rotatable bonds is 3. The maximum Gasteiger partial charge on any atom is 0.146 e. The van der Waals surface area contributed by atoms with E-state index in [1.165, 1.54) is 0 Å². The van der Waals surface area contributed by atoms with Crippen LogP contribution in [0, 0.1) is 6.92 Å². The van der Waals surface area contributed by atoms with Crippen LogP contribution in [0.4, 0.5) is 0 Å². The lowest BCUT2D eigenvalue weighted by Gasteiger charge is -2.12. The number of hydrogen-bond donors (Lipinski definition) is 1. The van der Waals surface area contributed by atoms with E-state index >= 15 is 0 Å². The number of benzene rings is 2. The van der Waals surface area contributed by atoms with E-state index in [0.29, 0.717) is 10.8 Å². The van der Waals surface area contributed by atoms with E-state index < -0.39 is 0 Å². The molecule has 0 amide bonds. The van der Waals surface area contributed by atoms with Crippen molar-refractivity contribution in [2.75, 3.05) is 0 Å². The molecule has 2 rings (SSSR count). The number of hydrogen-bond acceptors (Lipinski definition) is 2. The van der Waals surface area contributed by atoms with Gasteiger partial charge in [-0.2, -0.15) is 0 Å². The van der Waals surface area contributed by atoms with Gasteiger partial charge in [-0.15, -0.1) is 0 Å². The van der Waals surface area contributed by atoms with Gasteiger partial charge in [-0.3, -0.25) is 0 Å². The lowest BCUT2D eigenvalue weighted by molar-refractivity contribution is 0.478. The summed E-state index contributed by atoms with van der Waals surface area (Å²) in [5, 5.41) is 0.567. The first-order valence-electron chi connectivity index (χ1n) is 5.96. The van der Waals surface area contributed by atoms with E-state index in [-0.39, 0.29) is 6.04 Å². The van der Waals surface area contributed by atoms with Crippen molar-refractivity contribution in [2.24, 2.45) is 5.73 Å². The molecule has 0 radical (unpaired) electrons. The summed E-state index contributed by atoms with van der Waals surface area (Å²) >= 11 is 9.64. The molecule has 0 unspecified atom stereocenters. The topological polar surface area (TPSA) is 35.2 Å². The molecule has 0 saturated heterocycles. The summed E-state index contributed by atoms with van der Waals surface area (Å²) in [5.74, 6) is 1.43. The minimum atomic E-state index is -0.0408. The van der Waals surface area contributed by atoms with Crippen molar-refractivity contribution in [2.45, 2.75) is 19.9 Å². The third-order valence-corrected chi connectivity index (χ3v) is 3.63. The Bertz CT molecular complexity index is 599. The van der Waals surface area contributed by atoms with Crippen molar-refractivity contribution >= 4 is 27.5 Å². The van der Waals surface area contributed by atoms with Crippen LogP contribution in [-0.2, 0) is 0 Å². The van der Waals surface area contributed by atoms with E-state index in [1.54, 1.807) is 0 Å². The van der Waals surface area contributed by atoms with Crippen LogP contribution in [0.15, 0.2) is 40.9 Å². The van der Waals surface area contributed by atoms with Gasteiger partial charge in [0.05, 0.1) is 5.02 Å². The molecule has 2 aromatic rings. The van der Waals surface area contributed by atoms with Crippen LogP contribution in [0.3, 0.4) is 0 Å². The number of aryl methyl sites for hydroxylation is 1. The fourth-order valence-electron chi connectivity index (χ4n) is 1.73. The minimum absolute atomic E-state index is 0.0408. The molecule has 2 aromatic carbocycles. The van der Waals surface area contributed by atoms with Crippen LogP contribution in [0.5, 0.6) is 11.5 Å². The van der Waals surface area contributed by atoms with Gasteiger partial charge in [-0.05, 0) is 55.3 Å². The molecule has 0 aliphatic rings. The van der Waals surface area contributed by atoms with Gasteiger partial charge in [0.15, 0.2) is 0 Å². The van der Waals surface area contributed by atoms with E-state index in [0.717, 1.165) is 21.3 Å². The first-order chi connectivity index (χ1) is 8.97. The number of halogens is 2. The summed E-state index contributed by atoms with van der Waals surface area (Å²) in [7, 11) is 0. The maximum atomic E-state index is 6.22. The lowest BCUT2D eigenvalue weighted by Crippen LogP contribution is -2.04. The van der Waals surface area contributed by atoms with E-state index in [1.807, 2.05) is 50.2 Å². The Morgan fingerprint density at radius 3 is 2.42 bits per heavy atom. The largest absolute Gasteiger partial charge is 0.456 e. The Balaban J connectivity index is 2.28. The summed E-state index contributed by atoms with van der Waals surface area (Å²) in [4.78, 5) is 0. The fraction of sp³-hybridized carbons (Fsp3) is 0.200. The molecule has 19 heavy (non-hydrogen) atoms. The molecule has 0 heterocycles. The summed E-state index contributed by atoms with van der Waals surface area (Å²) in [5.41, 5.74) is 7.86. The summed E-state index contributed by atoms with van der Waals surface area (Å²) in [6, 6.07) is 11.4. The second kappa shape index (κ2) is 5.95. The van der Waals surface area contributed by atoms with E-state index in [2.05, 4.69) is 15.9 Å². The Hall–Kier alpha value is -1.03. The first-order valence-corrected chi connectivity index (χ1v) is 7.13. The quantitative estimate of drug-likeness (QED) is 0.831. The molecule has 0 aromatic heterocycles. The third kappa shape index (κ3) is 3.50. The van der Waals surface area contributed by atoms with Gasteiger partial charge in [-0.25, -0.2) is 0 Å². The molecular formula is C15H15BrClNO. The van der Waals surface area contributed by atoms with Crippen LogP contribution in [-0.4, -0.2) is 0 Å². The Labute approximate surface area is 126 Å². The molecule has 4 heteroatoms. The van der Waals surface area contributed by atoms with Crippen LogP contribution >= 0.6 is 27.5 Å². The molecular weight excluding hydrogens is 326 g/mol. The molecule has 0 aliphatic carbocycles. The molecule has 0 spiro atoms. The smallest absolute Gasteiger partial charge is 0.146 e. The van der Waals surface area contributed by atoms with E-state index in [4.69, 9.17) is 22.1 Å². The highest BCUT2D eigenvalue weighted by atomic mass is 79.9. The predicted octanol–water partition coefficient (Wildman–Crippen LogP) is 5.22. The zero-order valence-electron chi connectivity index (χ0n) is 10.8. The van der Waals surface area contributed by atoms with Gasteiger partial charge < -0.3 is 10.5 Å². The van der Waals surface area contributed by atoms with Crippen molar-refractivity contribution in [1.29, 1.82) is 0 Å². The predicted molar refractivity (Wildman–Crippen MR) is 83.0 cm³/mol. The van der Waals surface area contributed by atoms with Crippen molar-refractivity contribution in [1.82, 2.24) is 0 Å². The molecule has 0 fully saturated rings. The Kier molecular flexibility index (Phi) is 4.50. The Morgan fingerprint density at radius 1 is 1.16 bits per heavy atom. The van der Waals surface area contributed by atoms with Crippen LogP contribution in [0.25, 0.3) is 0 Å². The highest BCUT2D eigenvalue weighted by Crippen LogP contribution is 2.33. The summed E-state index contributed by atoms with van der Waals surface area (Å²) in [6.07, 6.45) is 0. The average molecular weight is 341 g/mol. The molecule has 0 bridgehead atoms. The Morgan fingerprint density at radius 2 is 1.84 bits per heavy atom. The average Bonchev–Trinajstić information content (AvgIpc) is 2.34. The third-order valence-electron chi connectivity index (χ3n) is 2.84. The SMILES string of the molecule is Cc1cc(Br)ccc1Oc1ccc([C@H](C)N)cc1Cl. The molecule has 0 aliphatic heterocycles. The van der Waals surface area contributed by atoms with Gasteiger partial charge in [0.1, 0.15) is 11.5 Å². The first kappa shape index (κ1) is 14.4. The second-order valence-electron chi connectivity index (χ2n) is 4.49. The lowest BCUT2D eigenvalue weighted by atomic mass is 10.1. The van der Waals surface area contributed by atoms with Crippen LogP contribution < -0.4 is 10.5 Å². The van der Waals surface area contributed by atoms with E-state index in [9.17, 15) is 0 Å². The van der Waals surface area contributed by atoms with Crippen LogP contribution in [0.2, 0.25) is 5.02 Å². The highest BCUT2D eigenvalue weighted by molar-refractivity contribution is 9.10. The van der Waals surface area contributed by atoms with Gasteiger partial charge in [0.2, 0.25) is 0 Å². The number of nitrogens with two attached hydrogens (primary N) is 1. The van der Waals surface area contributed by atoms with Crippen molar-refractivity contribution in [3.05, 3.63) is 57.0 Å². The minimum Gasteiger partial charge on any atom is -0.456 e. The van der Waals surface area contributed by atoms with Crippen LogP contribution in [0.1, 0.15) is 24.1 Å². The highest BCUT2D eigenvalue weighted by Gasteiger charge is 2.08. The van der Waals surface area contributed by atoms with Crippen molar-refractivity contribution < 1.29 is 4.74 Å². The second-order valence-corrected chi connectivity index (χ2v) is 5.81. The monoisotopic (exact) mass is 339 g/mol. The normalized spacial score (nSPS) is 12.3.